The molecule has 7 heteroatoms. The molecule has 1 aromatic carbocycles. The zero-order chi connectivity index (χ0) is 15.6. The van der Waals surface area contributed by atoms with Crippen molar-refractivity contribution in [2.24, 2.45) is 0 Å². The molecular formula is C14H16ClN3O2S. The maximum atomic E-state index is 12.9. The third kappa shape index (κ3) is 2.96. The fraction of sp³-hybridized carbons (Fsp3) is 0.214. The lowest BCUT2D eigenvalue weighted by atomic mass is 10.2. The highest BCUT2D eigenvalue weighted by Crippen LogP contribution is 2.30. The van der Waals surface area contributed by atoms with E-state index < -0.39 is 10.0 Å². The molecule has 0 unspecified atom stereocenters. The van der Waals surface area contributed by atoms with Gasteiger partial charge in [0.05, 0.1) is 10.6 Å². The summed E-state index contributed by atoms with van der Waals surface area (Å²) >= 11 is 5.95. The zero-order valence-electron chi connectivity index (χ0n) is 11.7. The summed E-state index contributed by atoms with van der Waals surface area (Å²) in [6.07, 6.45) is 3.10. The van der Waals surface area contributed by atoms with Crippen LogP contribution in [0.15, 0.2) is 41.6 Å². The van der Waals surface area contributed by atoms with Crippen molar-refractivity contribution in [1.82, 2.24) is 4.98 Å². The lowest BCUT2D eigenvalue weighted by Gasteiger charge is -2.24. The first kappa shape index (κ1) is 15.6. The molecule has 0 radical (unpaired) electrons. The van der Waals surface area contributed by atoms with Gasteiger partial charge in [0.1, 0.15) is 0 Å². The van der Waals surface area contributed by atoms with E-state index in [1.807, 2.05) is 0 Å². The van der Waals surface area contributed by atoms with Crippen molar-refractivity contribution < 1.29 is 8.42 Å². The molecule has 0 fully saturated rings. The minimum atomic E-state index is -3.74. The van der Waals surface area contributed by atoms with Crippen LogP contribution < -0.4 is 10.0 Å². The number of benzene rings is 1. The van der Waals surface area contributed by atoms with E-state index in [4.69, 9.17) is 17.3 Å². The largest absolute Gasteiger partial charge is 0.398 e. The quantitative estimate of drug-likeness (QED) is 0.877. The van der Waals surface area contributed by atoms with Gasteiger partial charge in [-0.05, 0) is 43.7 Å². The lowest BCUT2D eigenvalue weighted by molar-refractivity contribution is 0.591. The van der Waals surface area contributed by atoms with Crippen LogP contribution in [0.4, 0.5) is 11.4 Å². The Hall–Kier alpha value is -1.79. The van der Waals surface area contributed by atoms with E-state index >= 15 is 0 Å². The summed E-state index contributed by atoms with van der Waals surface area (Å²) in [4.78, 5) is 4.02. The minimum absolute atomic E-state index is 0.117. The van der Waals surface area contributed by atoms with Crippen molar-refractivity contribution in [3.63, 3.8) is 0 Å². The van der Waals surface area contributed by atoms with E-state index in [9.17, 15) is 8.42 Å². The van der Waals surface area contributed by atoms with E-state index in [0.29, 0.717) is 22.0 Å². The predicted octanol–water partition coefficient (Wildman–Crippen LogP) is 2.84. The summed E-state index contributed by atoms with van der Waals surface area (Å²) in [5, 5.41) is 0.294. The molecule has 0 aliphatic heterocycles. The fourth-order valence-corrected chi connectivity index (χ4v) is 4.11. The Kier molecular flexibility index (Phi) is 4.39. The number of nitrogens with zero attached hydrogens (tertiary/aromatic N) is 2. The van der Waals surface area contributed by atoms with E-state index in [-0.39, 0.29) is 11.4 Å². The standard InChI is InChI=1S/C14H16ClN3O2S/c1-3-18(12-4-6-17-7-5-12)21(19,20)14-9-11(15)8-13(16)10(14)2/h4-9H,3,16H2,1-2H3. The second-order valence-corrected chi connectivity index (χ2v) is 6.76. The van der Waals surface area contributed by atoms with E-state index in [1.54, 1.807) is 44.4 Å². The number of halogens is 1. The summed E-state index contributed by atoms with van der Waals surface area (Å²) < 4.78 is 27.1. The van der Waals surface area contributed by atoms with Gasteiger partial charge in [-0.3, -0.25) is 9.29 Å². The Labute approximate surface area is 129 Å². The predicted molar refractivity (Wildman–Crippen MR) is 85.0 cm³/mol. The molecule has 0 bridgehead atoms. The summed E-state index contributed by atoms with van der Waals surface area (Å²) in [5.74, 6) is 0. The van der Waals surface area contributed by atoms with Gasteiger partial charge in [-0.1, -0.05) is 11.6 Å². The third-order valence-electron chi connectivity index (χ3n) is 3.17. The van der Waals surface area contributed by atoms with E-state index in [0.717, 1.165) is 0 Å². The van der Waals surface area contributed by atoms with Gasteiger partial charge in [0.25, 0.3) is 10.0 Å². The average Bonchev–Trinajstić information content (AvgIpc) is 2.44. The number of hydrogen-bond donors (Lipinski definition) is 1. The number of sulfonamides is 1. The molecule has 0 saturated heterocycles. The van der Waals surface area contributed by atoms with Crippen LogP contribution in [0.3, 0.4) is 0 Å². The van der Waals surface area contributed by atoms with Crippen LogP contribution in [0.25, 0.3) is 0 Å². The highest BCUT2D eigenvalue weighted by atomic mass is 35.5. The molecule has 2 rings (SSSR count). The average molecular weight is 326 g/mol. The van der Waals surface area contributed by atoms with Crippen molar-refractivity contribution >= 4 is 33.0 Å². The molecule has 0 atom stereocenters. The molecule has 112 valence electrons. The highest BCUT2D eigenvalue weighted by molar-refractivity contribution is 7.92. The van der Waals surface area contributed by atoms with Gasteiger partial charge in [-0.2, -0.15) is 0 Å². The summed E-state index contributed by atoms with van der Waals surface area (Å²) in [5.41, 5.74) is 7.21. The molecule has 2 N–H and O–H groups in total. The summed E-state index contributed by atoms with van der Waals surface area (Å²) in [7, 11) is -3.74. The van der Waals surface area contributed by atoms with Gasteiger partial charge in [0.2, 0.25) is 0 Å². The number of pyridine rings is 1. The van der Waals surface area contributed by atoms with Gasteiger partial charge in [0, 0.05) is 29.6 Å². The first-order valence-corrected chi connectivity index (χ1v) is 8.18. The van der Waals surface area contributed by atoms with E-state index in [2.05, 4.69) is 4.98 Å². The van der Waals surface area contributed by atoms with Gasteiger partial charge >= 0.3 is 0 Å². The fourth-order valence-electron chi connectivity index (χ4n) is 2.06. The van der Waals surface area contributed by atoms with Crippen LogP contribution in [-0.4, -0.2) is 19.9 Å². The number of nitrogens with two attached hydrogens (primary N) is 1. The maximum absolute atomic E-state index is 12.9. The van der Waals surface area contributed by atoms with Gasteiger partial charge in [-0.25, -0.2) is 8.42 Å². The van der Waals surface area contributed by atoms with Crippen LogP contribution in [-0.2, 0) is 10.0 Å². The van der Waals surface area contributed by atoms with Crippen LogP contribution in [0.5, 0.6) is 0 Å². The number of rotatable bonds is 4. The summed E-state index contributed by atoms with van der Waals surface area (Å²) in [6, 6.07) is 6.25. The second kappa shape index (κ2) is 5.91. The van der Waals surface area contributed by atoms with Crippen molar-refractivity contribution in [2.45, 2.75) is 18.7 Å². The Morgan fingerprint density at radius 3 is 2.48 bits per heavy atom. The van der Waals surface area contributed by atoms with Gasteiger partial charge < -0.3 is 5.73 Å². The van der Waals surface area contributed by atoms with Crippen molar-refractivity contribution in [3.8, 4) is 0 Å². The first-order chi connectivity index (χ1) is 9.87. The lowest BCUT2D eigenvalue weighted by Crippen LogP contribution is -2.31. The molecule has 1 aromatic heterocycles. The second-order valence-electron chi connectivity index (χ2n) is 4.49. The summed E-state index contributed by atoms with van der Waals surface area (Å²) in [6.45, 7) is 3.72. The molecule has 0 spiro atoms. The molecule has 0 aliphatic rings. The molecular weight excluding hydrogens is 310 g/mol. The highest BCUT2D eigenvalue weighted by Gasteiger charge is 2.26. The van der Waals surface area contributed by atoms with Crippen molar-refractivity contribution in [2.75, 3.05) is 16.6 Å². The van der Waals surface area contributed by atoms with Crippen LogP contribution in [0.1, 0.15) is 12.5 Å². The number of anilines is 2. The van der Waals surface area contributed by atoms with Gasteiger partial charge in [0.15, 0.2) is 0 Å². The third-order valence-corrected chi connectivity index (χ3v) is 5.42. The molecule has 21 heavy (non-hydrogen) atoms. The molecule has 0 aliphatic carbocycles. The smallest absolute Gasteiger partial charge is 0.264 e. The van der Waals surface area contributed by atoms with Crippen LogP contribution >= 0.6 is 11.6 Å². The Balaban J connectivity index is 2.61. The number of nitrogen functional groups attached to an aromatic ring is 1. The topological polar surface area (TPSA) is 76.3 Å². The number of hydrogen-bond acceptors (Lipinski definition) is 4. The Bertz CT molecular complexity index is 748. The normalized spacial score (nSPS) is 11.4. The van der Waals surface area contributed by atoms with Crippen molar-refractivity contribution in [3.05, 3.63) is 47.2 Å². The van der Waals surface area contributed by atoms with E-state index in [1.165, 1.54) is 10.4 Å². The molecule has 0 saturated carbocycles. The SMILES string of the molecule is CCN(c1ccncc1)S(=O)(=O)c1cc(Cl)cc(N)c1C. The molecule has 2 aromatic rings. The molecule has 5 nitrogen and oxygen atoms in total. The van der Waals surface area contributed by atoms with Crippen LogP contribution in [0, 0.1) is 6.92 Å². The molecule has 1 heterocycles. The zero-order valence-corrected chi connectivity index (χ0v) is 13.3. The Morgan fingerprint density at radius 1 is 1.29 bits per heavy atom. The van der Waals surface area contributed by atoms with Gasteiger partial charge in [-0.15, -0.1) is 0 Å². The maximum Gasteiger partial charge on any atom is 0.264 e. The number of aromatic nitrogens is 1. The van der Waals surface area contributed by atoms with Crippen molar-refractivity contribution in [1.29, 1.82) is 0 Å². The minimum Gasteiger partial charge on any atom is -0.398 e. The molecule has 0 amide bonds. The van der Waals surface area contributed by atoms with Crippen LogP contribution in [0.2, 0.25) is 5.02 Å². The monoisotopic (exact) mass is 325 g/mol. The Morgan fingerprint density at radius 2 is 1.90 bits per heavy atom. The first-order valence-electron chi connectivity index (χ1n) is 6.36.